The van der Waals surface area contributed by atoms with E-state index in [0.717, 1.165) is 6.33 Å². The quantitative estimate of drug-likeness (QED) is 0.322. The molecule has 0 amide bonds. The van der Waals surface area contributed by atoms with Crippen LogP contribution >= 0.6 is 0 Å². The maximum Gasteiger partial charge on any atom is 0.354 e. The second kappa shape index (κ2) is 5.94. The fraction of sp³-hybridized carbons (Fsp3) is 0.600. The summed E-state index contributed by atoms with van der Waals surface area (Å²) in [4.78, 5) is 18.1. The third kappa shape index (κ3) is 2.76. The van der Waals surface area contributed by atoms with Gasteiger partial charge in [0.1, 0.15) is 6.33 Å². The van der Waals surface area contributed by atoms with E-state index in [1.165, 1.54) is 0 Å². The fourth-order valence-corrected chi connectivity index (χ4v) is 2.08. The van der Waals surface area contributed by atoms with Gasteiger partial charge < -0.3 is 20.6 Å². The van der Waals surface area contributed by atoms with Crippen LogP contribution in [0.3, 0.4) is 0 Å². The van der Waals surface area contributed by atoms with Crippen LogP contribution in [0.5, 0.6) is 0 Å². The van der Waals surface area contributed by atoms with Gasteiger partial charge in [-0.1, -0.05) is 0 Å². The molecule has 5 N–H and O–H groups in total. The molecule has 2 rings (SSSR count). The normalized spacial score (nSPS) is 17.5. The summed E-state index contributed by atoms with van der Waals surface area (Å²) in [6, 6.07) is 0. The summed E-state index contributed by atoms with van der Waals surface area (Å²) < 4.78 is 5.24. The molecule has 110 valence electrons. The second-order valence-corrected chi connectivity index (χ2v) is 4.50. The highest BCUT2D eigenvalue weighted by atomic mass is 16.6. The SMILES string of the molecule is NNc1ncnc(NC2(CO)CCOCC2)c1[N+](=O)[O-]. The summed E-state index contributed by atoms with van der Waals surface area (Å²) in [6.07, 6.45) is 2.21. The summed E-state index contributed by atoms with van der Waals surface area (Å²) in [5.74, 6) is 5.15. The molecule has 0 saturated carbocycles. The first kappa shape index (κ1) is 14.4. The number of aromatic nitrogens is 2. The number of nitro groups is 1. The Labute approximate surface area is 114 Å². The predicted molar refractivity (Wildman–Crippen MR) is 70.0 cm³/mol. The number of aliphatic hydroxyl groups excluding tert-OH is 1. The van der Waals surface area contributed by atoms with Gasteiger partial charge in [0.2, 0.25) is 11.6 Å². The molecule has 10 heteroatoms. The van der Waals surface area contributed by atoms with Crippen LogP contribution in [0.2, 0.25) is 0 Å². The number of nitrogens with two attached hydrogens (primary N) is 1. The molecule has 1 saturated heterocycles. The Kier molecular flexibility index (Phi) is 4.27. The van der Waals surface area contributed by atoms with Gasteiger partial charge in [0, 0.05) is 13.2 Å². The lowest BCUT2D eigenvalue weighted by molar-refractivity contribution is -0.383. The van der Waals surface area contributed by atoms with E-state index < -0.39 is 10.5 Å². The summed E-state index contributed by atoms with van der Waals surface area (Å²) in [7, 11) is 0. The highest BCUT2D eigenvalue weighted by Crippen LogP contribution is 2.33. The summed E-state index contributed by atoms with van der Waals surface area (Å²) >= 11 is 0. The molecule has 1 fully saturated rings. The summed E-state index contributed by atoms with van der Waals surface area (Å²) in [5.41, 5.74) is 1.12. The van der Waals surface area contributed by atoms with Gasteiger partial charge in [-0.05, 0) is 12.8 Å². The third-order valence-electron chi connectivity index (χ3n) is 3.28. The first-order valence-corrected chi connectivity index (χ1v) is 6.05. The maximum absolute atomic E-state index is 11.1. The zero-order chi connectivity index (χ0) is 14.6. The molecule has 10 nitrogen and oxygen atoms in total. The number of anilines is 2. The molecule has 1 aromatic rings. The molecule has 20 heavy (non-hydrogen) atoms. The molecular formula is C10H16N6O4. The van der Waals surface area contributed by atoms with Crippen LogP contribution in [0.4, 0.5) is 17.3 Å². The molecule has 0 aromatic carbocycles. The largest absolute Gasteiger partial charge is 0.394 e. The Balaban J connectivity index is 2.34. The zero-order valence-electron chi connectivity index (χ0n) is 10.7. The number of aliphatic hydroxyl groups is 1. The molecule has 1 aliphatic heterocycles. The van der Waals surface area contributed by atoms with Crippen molar-refractivity contribution in [2.75, 3.05) is 30.6 Å². The van der Waals surface area contributed by atoms with Crippen molar-refractivity contribution in [1.82, 2.24) is 9.97 Å². The zero-order valence-corrected chi connectivity index (χ0v) is 10.7. The molecule has 2 heterocycles. The minimum absolute atomic E-state index is 0.0221. The molecule has 0 bridgehead atoms. The van der Waals surface area contributed by atoms with Crippen LogP contribution in [-0.4, -0.2) is 45.4 Å². The van der Waals surface area contributed by atoms with Gasteiger partial charge in [-0.3, -0.25) is 10.1 Å². The van der Waals surface area contributed by atoms with Crippen molar-refractivity contribution in [2.45, 2.75) is 18.4 Å². The smallest absolute Gasteiger partial charge is 0.354 e. The van der Waals surface area contributed by atoms with Gasteiger partial charge in [-0.2, -0.15) is 0 Å². The van der Waals surface area contributed by atoms with Gasteiger partial charge in [0.15, 0.2) is 0 Å². The van der Waals surface area contributed by atoms with Crippen LogP contribution in [0.25, 0.3) is 0 Å². The van der Waals surface area contributed by atoms with E-state index in [2.05, 4.69) is 20.7 Å². The molecule has 1 aliphatic rings. The highest BCUT2D eigenvalue weighted by molar-refractivity contribution is 5.69. The fourth-order valence-electron chi connectivity index (χ4n) is 2.08. The van der Waals surface area contributed by atoms with Crippen molar-refractivity contribution >= 4 is 17.3 Å². The molecule has 0 spiro atoms. The van der Waals surface area contributed by atoms with Crippen LogP contribution in [0.15, 0.2) is 6.33 Å². The van der Waals surface area contributed by atoms with Gasteiger partial charge in [0.25, 0.3) is 0 Å². The Morgan fingerprint density at radius 3 is 2.65 bits per heavy atom. The highest BCUT2D eigenvalue weighted by Gasteiger charge is 2.35. The van der Waals surface area contributed by atoms with Crippen LogP contribution in [0.1, 0.15) is 12.8 Å². The Bertz CT molecular complexity index is 491. The molecular weight excluding hydrogens is 268 g/mol. The number of hydrazine groups is 1. The number of nitrogens with zero attached hydrogens (tertiary/aromatic N) is 3. The number of ether oxygens (including phenoxy) is 1. The van der Waals surface area contributed by atoms with E-state index in [-0.39, 0.29) is 23.9 Å². The van der Waals surface area contributed by atoms with E-state index in [1.54, 1.807) is 0 Å². The molecule has 0 atom stereocenters. The van der Waals surface area contributed by atoms with E-state index in [0.29, 0.717) is 26.1 Å². The van der Waals surface area contributed by atoms with Crippen molar-refractivity contribution in [2.24, 2.45) is 5.84 Å². The van der Waals surface area contributed by atoms with Crippen molar-refractivity contribution in [3.63, 3.8) is 0 Å². The number of rotatable bonds is 5. The first-order chi connectivity index (χ1) is 9.62. The van der Waals surface area contributed by atoms with E-state index in [9.17, 15) is 15.2 Å². The number of hydrogen-bond donors (Lipinski definition) is 4. The standard InChI is InChI=1S/C10H16N6O4/c11-15-9-7(16(18)19)8(12-6-13-9)14-10(5-17)1-3-20-4-2-10/h6,17H,1-5,11H2,(H2,12,13,14,15). The molecule has 0 aliphatic carbocycles. The molecule has 0 radical (unpaired) electrons. The van der Waals surface area contributed by atoms with E-state index in [4.69, 9.17) is 10.6 Å². The second-order valence-electron chi connectivity index (χ2n) is 4.50. The average Bonchev–Trinajstić information content (AvgIpc) is 2.47. The number of hydrogen-bond acceptors (Lipinski definition) is 9. The van der Waals surface area contributed by atoms with Crippen molar-refractivity contribution in [3.8, 4) is 0 Å². The van der Waals surface area contributed by atoms with Crippen molar-refractivity contribution in [1.29, 1.82) is 0 Å². The summed E-state index contributed by atoms with van der Waals surface area (Å²) in [6.45, 7) is 0.756. The third-order valence-corrected chi connectivity index (χ3v) is 3.28. The number of nitrogen functional groups attached to an aromatic ring is 1. The van der Waals surface area contributed by atoms with Crippen LogP contribution in [-0.2, 0) is 4.74 Å². The van der Waals surface area contributed by atoms with Gasteiger partial charge in [0.05, 0.1) is 17.1 Å². The Hall–Kier alpha value is -2.04. The number of nitrogens with one attached hydrogen (secondary N) is 2. The minimum Gasteiger partial charge on any atom is -0.394 e. The summed E-state index contributed by atoms with van der Waals surface area (Å²) in [5, 5.41) is 23.7. The van der Waals surface area contributed by atoms with Gasteiger partial charge in [-0.25, -0.2) is 15.8 Å². The topological polar surface area (TPSA) is 148 Å². The van der Waals surface area contributed by atoms with Gasteiger partial charge >= 0.3 is 5.69 Å². The Morgan fingerprint density at radius 2 is 2.10 bits per heavy atom. The molecule has 1 aromatic heterocycles. The van der Waals surface area contributed by atoms with Crippen molar-refractivity contribution < 1.29 is 14.8 Å². The Morgan fingerprint density at radius 1 is 1.45 bits per heavy atom. The van der Waals surface area contributed by atoms with Crippen molar-refractivity contribution in [3.05, 3.63) is 16.4 Å². The first-order valence-electron chi connectivity index (χ1n) is 6.05. The average molecular weight is 284 g/mol. The lowest BCUT2D eigenvalue weighted by Gasteiger charge is -2.36. The van der Waals surface area contributed by atoms with E-state index >= 15 is 0 Å². The lowest BCUT2D eigenvalue weighted by atomic mass is 9.91. The molecule has 0 unspecified atom stereocenters. The lowest BCUT2D eigenvalue weighted by Crippen LogP contribution is -2.47. The maximum atomic E-state index is 11.1. The van der Waals surface area contributed by atoms with Crippen LogP contribution < -0.4 is 16.6 Å². The monoisotopic (exact) mass is 284 g/mol. The van der Waals surface area contributed by atoms with Crippen LogP contribution in [0, 0.1) is 10.1 Å². The van der Waals surface area contributed by atoms with E-state index in [1.807, 2.05) is 0 Å². The predicted octanol–water partition coefficient (Wildman–Crippen LogP) is -0.376. The minimum atomic E-state index is -0.691. The van der Waals surface area contributed by atoms with Gasteiger partial charge in [-0.15, -0.1) is 0 Å².